The second kappa shape index (κ2) is 8.08. The molecule has 2 aromatic heterocycles. The van der Waals surface area contributed by atoms with Crippen molar-refractivity contribution in [2.24, 2.45) is 0 Å². The van der Waals surface area contributed by atoms with Crippen LogP contribution < -0.4 is 10.2 Å². The fourth-order valence-electron chi connectivity index (χ4n) is 3.25. The molecule has 3 aromatic rings. The lowest BCUT2D eigenvalue weighted by Gasteiger charge is -2.22. The number of carbonyl (C=O) groups excluding carboxylic acids is 2. The third-order valence-corrected chi connectivity index (χ3v) is 5.10. The molecule has 0 unspecified atom stereocenters. The first-order valence-corrected chi connectivity index (χ1v) is 10.1. The Balaban J connectivity index is 1.34. The van der Waals surface area contributed by atoms with Gasteiger partial charge < -0.3 is 10.3 Å². The molecule has 0 radical (unpaired) electrons. The number of fused-ring (bicyclic) bond motifs is 1. The third kappa shape index (κ3) is 4.32. The molecule has 0 bridgehead atoms. The lowest BCUT2D eigenvalue weighted by Crippen LogP contribution is -2.30. The Bertz CT molecular complexity index is 1100. The van der Waals surface area contributed by atoms with Gasteiger partial charge in [-0.05, 0) is 36.8 Å². The molecule has 0 aliphatic carbocycles. The molecule has 1 aliphatic heterocycles. The molecule has 0 fully saturated rings. The van der Waals surface area contributed by atoms with Gasteiger partial charge >= 0.3 is 0 Å². The average molecular weight is 454 g/mol. The Labute approximate surface area is 176 Å². The van der Waals surface area contributed by atoms with Crippen molar-refractivity contribution >= 4 is 39.4 Å². The number of allylic oxidation sites excluding steroid dienone is 1. The highest BCUT2D eigenvalue weighted by Gasteiger charge is 2.21. The Kier molecular flexibility index (Phi) is 5.35. The Morgan fingerprint density at radius 2 is 2.07 bits per heavy atom. The second-order valence-corrected chi connectivity index (χ2v) is 7.75. The van der Waals surface area contributed by atoms with Crippen LogP contribution in [0.25, 0.3) is 11.1 Å². The van der Waals surface area contributed by atoms with Crippen LogP contribution in [-0.2, 0) is 16.1 Å². The number of nitrogens with one attached hydrogen (secondary N) is 2. The third-order valence-electron chi connectivity index (χ3n) is 4.61. The van der Waals surface area contributed by atoms with Gasteiger partial charge in [0.15, 0.2) is 0 Å². The summed E-state index contributed by atoms with van der Waals surface area (Å²) in [4.78, 5) is 29.5. The quantitative estimate of drug-likeness (QED) is 0.606. The topological polar surface area (TPSA) is 83.0 Å². The molecular formula is C21H20BrN5O2. The highest BCUT2D eigenvalue weighted by molar-refractivity contribution is 9.10. The van der Waals surface area contributed by atoms with Gasteiger partial charge in [-0.3, -0.25) is 14.5 Å². The highest BCUT2D eigenvalue weighted by atomic mass is 79.9. The van der Waals surface area contributed by atoms with Crippen LogP contribution >= 0.6 is 15.9 Å². The van der Waals surface area contributed by atoms with E-state index in [0.29, 0.717) is 12.4 Å². The van der Waals surface area contributed by atoms with Crippen LogP contribution in [0.4, 0.5) is 11.6 Å². The zero-order chi connectivity index (χ0) is 20.4. The summed E-state index contributed by atoms with van der Waals surface area (Å²) >= 11 is 3.46. The van der Waals surface area contributed by atoms with Crippen LogP contribution in [-0.4, -0.2) is 26.6 Å². The predicted molar refractivity (Wildman–Crippen MR) is 115 cm³/mol. The Hall–Kier alpha value is -3.13. The number of hydrogen-bond donors (Lipinski definition) is 2. The van der Waals surface area contributed by atoms with Crippen molar-refractivity contribution in [3.63, 3.8) is 0 Å². The van der Waals surface area contributed by atoms with Gasteiger partial charge in [0.2, 0.25) is 11.8 Å². The Morgan fingerprint density at radius 1 is 1.21 bits per heavy atom. The second-order valence-electron chi connectivity index (χ2n) is 6.84. The molecular weight excluding hydrogens is 434 g/mol. The van der Waals surface area contributed by atoms with E-state index in [1.807, 2.05) is 55.6 Å². The van der Waals surface area contributed by atoms with E-state index in [1.165, 1.54) is 0 Å². The van der Waals surface area contributed by atoms with Crippen molar-refractivity contribution in [2.45, 2.75) is 26.3 Å². The van der Waals surface area contributed by atoms with Gasteiger partial charge in [0.05, 0.1) is 12.2 Å². The van der Waals surface area contributed by atoms with Crippen molar-refractivity contribution in [1.29, 1.82) is 0 Å². The van der Waals surface area contributed by atoms with Gasteiger partial charge in [0.25, 0.3) is 0 Å². The summed E-state index contributed by atoms with van der Waals surface area (Å²) in [7, 11) is 0. The first-order valence-electron chi connectivity index (χ1n) is 9.27. The van der Waals surface area contributed by atoms with Gasteiger partial charge in [0, 0.05) is 41.3 Å². The maximum atomic E-state index is 12.6. The maximum absolute atomic E-state index is 12.6. The van der Waals surface area contributed by atoms with Crippen LogP contribution in [0.2, 0.25) is 0 Å². The molecule has 1 aromatic carbocycles. The summed E-state index contributed by atoms with van der Waals surface area (Å²) in [6.07, 6.45) is 5.66. The lowest BCUT2D eigenvalue weighted by molar-refractivity contribution is -0.122. The average Bonchev–Trinajstić information content (AvgIpc) is 3.31. The molecule has 2 N–H and O–H groups in total. The van der Waals surface area contributed by atoms with Crippen LogP contribution in [0.15, 0.2) is 59.3 Å². The van der Waals surface area contributed by atoms with E-state index in [4.69, 9.17) is 0 Å². The smallest absolute Gasteiger partial charge is 0.232 e. The van der Waals surface area contributed by atoms with Gasteiger partial charge in [-0.2, -0.15) is 5.10 Å². The number of aromatic nitrogens is 3. The standard InChI is InChI=1S/C21H20BrN5O2/c1-14-10-20-26(8-3-9-27(20)25-14)21(29)7-6-19(28)24-18-12-16(13-23-18)15-4-2-5-17(22)11-15/h2-5,8,10-13,23H,6-7,9H2,1H3,(H,24,28). The molecule has 0 saturated heterocycles. The normalized spacial score (nSPS) is 12.7. The Morgan fingerprint density at radius 3 is 2.90 bits per heavy atom. The molecule has 1 aliphatic rings. The number of aromatic amines is 1. The summed E-state index contributed by atoms with van der Waals surface area (Å²) in [6, 6.07) is 11.7. The van der Waals surface area contributed by atoms with E-state index >= 15 is 0 Å². The zero-order valence-corrected chi connectivity index (χ0v) is 17.4. The number of rotatable bonds is 5. The van der Waals surface area contributed by atoms with Gasteiger partial charge in [-0.15, -0.1) is 0 Å². The maximum Gasteiger partial charge on any atom is 0.232 e. The number of anilines is 2. The van der Waals surface area contributed by atoms with Crippen molar-refractivity contribution in [2.75, 3.05) is 10.2 Å². The molecule has 29 heavy (non-hydrogen) atoms. The van der Waals surface area contributed by atoms with E-state index in [-0.39, 0.29) is 24.7 Å². The van der Waals surface area contributed by atoms with Crippen molar-refractivity contribution < 1.29 is 9.59 Å². The minimum absolute atomic E-state index is 0.0987. The fourth-order valence-corrected chi connectivity index (χ4v) is 3.65. The number of nitrogens with zero attached hydrogens (tertiary/aromatic N) is 3. The molecule has 8 heteroatoms. The summed E-state index contributed by atoms with van der Waals surface area (Å²) in [6.45, 7) is 2.53. The number of amides is 2. The van der Waals surface area contributed by atoms with Crippen molar-refractivity contribution in [3.05, 3.63) is 65.0 Å². The molecule has 0 atom stereocenters. The molecule has 2 amide bonds. The van der Waals surface area contributed by atoms with Gasteiger partial charge in [0.1, 0.15) is 11.6 Å². The minimum atomic E-state index is -0.216. The fraction of sp³-hybridized carbons (Fsp3) is 0.190. The number of H-pyrrole nitrogens is 1. The van der Waals surface area contributed by atoms with Crippen LogP contribution in [0.5, 0.6) is 0 Å². The van der Waals surface area contributed by atoms with E-state index < -0.39 is 0 Å². The molecule has 7 nitrogen and oxygen atoms in total. The predicted octanol–water partition coefficient (Wildman–Crippen LogP) is 4.23. The van der Waals surface area contributed by atoms with E-state index in [1.54, 1.807) is 15.8 Å². The number of benzene rings is 1. The number of halogens is 1. The minimum Gasteiger partial charge on any atom is -0.348 e. The SMILES string of the molecule is Cc1cc2n(n1)CC=CN2C(=O)CCC(=O)Nc1cc(-c2cccc(Br)c2)c[nH]1. The first-order chi connectivity index (χ1) is 14.0. The lowest BCUT2D eigenvalue weighted by atomic mass is 10.1. The number of carbonyl (C=O) groups is 2. The molecule has 3 heterocycles. The first kappa shape index (κ1) is 19.2. The van der Waals surface area contributed by atoms with Crippen molar-refractivity contribution in [3.8, 4) is 11.1 Å². The van der Waals surface area contributed by atoms with Crippen LogP contribution in [0.1, 0.15) is 18.5 Å². The van der Waals surface area contributed by atoms with E-state index in [0.717, 1.165) is 27.1 Å². The summed E-state index contributed by atoms with van der Waals surface area (Å²) in [5.74, 6) is 0.979. The number of aryl methyl sites for hydroxylation is 1. The van der Waals surface area contributed by atoms with Crippen LogP contribution in [0.3, 0.4) is 0 Å². The van der Waals surface area contributed by atoms with Crippen molar-refractivity contribution in [1.82, 2.24) is 14.8 Å². The molecule has 0 saturated carbocycles. The molecule has 0 spiro atoms. The number of hydrogen-bond acceptors (Lipinski definition) is 3. The van der Waals surface area contributed by atoms with Gasteiger partial charge in [-0.1, -0.05) is 28.1 Å². The summed E-state index contributed by atoms with van der Waals surface area (Å²) in [5, 5.41) is 7.17. The van der Waals surface area contributed by atoms with Gasteiger partial charge in [-0.25, -0.2) is 4.68 Å². The van der Waals surface area contributed by atoms with E-state index in [2.05, 4.69) is 31.3 Å². The van der Waals surface area contributed by atoms with E-state index in [9.17, 15) is 9.59 Å². The monoisotopic (exact) mass is 453 g/mol. The molecule has 4 rings (SSSR count). The molecule has 148 valence electrons. The summed E-state index contributed by atoms with van der Waals surface area (Å²) < 4.78 is 2.76. The van der Waals surface area contributed by atoms with Crippen LogP contribution in [0, 0.1) is 6.92 Å². The zero-order valence-electron chi connectivity index (χ0n) is 15.9. The highest BCUT2D eigenvalue weighted by Crippen LogP contribution is 2.25. The summed E-state index contributed by atoms with van der Waals surface area (Å²) in [5.41, 5.74) is 2.86. The largest absolute Gasteiger partial charge is 0.348 e.